The normalized spacial score (nSPS) is 26.8. The van der Waals surface area contributed by atoms with E-state index in [-0.39, 0.29) is 59.7 Å². The highest BCUT2D eigenvalue weighted by Crippen LogP contribution is 2.37. The fraction of sp³-hybridized carbons (Fsp3) is 0.576. The lowest BCUT2D eigenvalue weighted by atomic mass is 9.87. The van der Waals surface area contributed by atoms with Gasteiger partial charge in [-0.1, -0.05) is 38.8 Å². The van der Waals surface area contributed by atoms with Crippen LogP contribution in [0.2, 0.25) is 0 Å². The van der Waals surface area contributed by atoms with Crippen molar-refractivity contribution in [2.45, 2.75) is 104 Å². The Bertz CT molecular complexity index is 1440. The van der Waals surface area contributed by atoms with E-state index in [9.17, 15) is 29.4 Å². The summed E-state index contributed by atoms with van der Waals surface area (Å²) in [7, 11) is 0. The highest BCUT2D eigenvalue weighted by molar-refractivity contribution is 7.80. The van der Waals surface area contributed by atoms with Gasteiger partial charge in [-0.2, -0.15) is 24.0 Å². The van der Waals surface area contributed by atoms with Crippen molar-refractivity contribution in [1.29, 1.82) is 0 Å². The number of rotatable bonds is 13. The zero-order valence-electron chi connectivity index (χ0n) is 26.4. The predicted molar refractivity (Wildman–Crippen MR) is 170 cm³/mol. The topological polar surface area (TPSA) is 159 Å². The van der Waals surface area contributed by atoms with Gasteiger partial charge in [0.15, 0.2) is 0 Å². The first kappa shape index (κ1) is 33.4. The van der Waals surface area contributed by atoms with E-state index in [1.54, 1.807) is 0 Å². The van der Waals surface area contributed by atoms with Crippen molar-refractivity contribution < 1.29 is 29.4 Å². The van der Waals surface area contributed by atoms with E-state index in [1.165, 1.54) is 0 Å². The number of allylic oxidation sites excluding steroid dienone is 2. The molecular weight excluding hydrogens is 580 g/mol. The van der Waals surface area contributed by atoms with Crippen LogP contribution in [0.3, 0.4) is 0 Å². The highest BCUT2D eigenvalue weighted by atomic mass is 32.1. The Labute approximate surface area is 264 Å². The quantitative estimate of drug-likeness (QED) is 0.182. The van der Waals surface area contributed by atoms with E-state index in [4.69, 9.17) is 4.98 Å². The monoisotopic (exact) mass is 625 g/mol. The molecule has 2 amide bonds. The van der Waals surface area contributed by atoms with Crippen molar-refractivity contribution in [3.8, 4) is 0 Å². The van der Waals surface area contributed by atoms with Gasteiger partial charge in [0.05, 0.1) is 12.1 Å². The van der Waals surface area contributed by atoms with Gasteiger partial charge in [0.1, 0.15) is 0 Å². The molecular formula is C33H45N4O6S-. The number of carboxylic acid groups (broad SMARTS) is 2. The molecule has 1 fully saturated rings. The van der Waals surface area contributed by atoms with Gasteiger partial charge in [-0.3, -0.25) is 19.2 Å². The van der Waals surface area contributed by atoms with Gasteiger partial charge in [0, 0.05) is 52.8 Å². The molecule has 3 aliphatic heterocycles. The number of nitrogens with zero attached hydrogens (tertiary/aromatic N) is 1. The molecule has 1 unspecified atom stereocenters. The predicted octanol–water partition coefficient (Wildman–Crippen LogP) is 3.59. The Morgan fingerprint density at radius 3 is 2.30 bits per heavy atom. The number of hydrogen-bond acceptors (Lipinski definition) is 6. The molecule has 0 saturated carbocycles. The van der Waals surface area contributed by atoms with Crippen LogP contribution in [-0.2, 0) is 38.4 Å². The lowest BCUT2D eigenvalue weighted by Gasteiger charge is -2.23. The maximum absolute atomic E-state index is 12.5. The van der Waals surface area contributed by atoms with E-state index < -0.39 is 11.9 Å². The second-order valence-corrected chi connectivity index (χ2v) is 13.2. The summed E-state index contributed by atoms with van der Waals surface area (Å²) in [6, 6.07) is -0.375. The highest BCUT2D eigenvalue weighted by Gasteiger charge is 2.41. The van der Waals surface area contributed by atoms with E-state index in [2.05, 4.69) is 28.6 Å². The molecule has 1 saturated heterocycles. The van der Waals surface area contributed by atoms with Crippen LogP contribution in [0.25, 0.3) is 0 Å². The zero-order chi connectivity index (χ0) is 32.5. The molecule has 1 aromatic rings. The van der Waals surface area contributed by atoms with Crippen molar-refractivity contribution in [2.75, 3.05) is 0 Å². The van der Waals surface area contributed by atoms with Gasteiger partial charge in [0.2, 0.25) is 11.8 Å². The third kappa shape index (κ3) is 6.92. The maximum atomic E-state index is 12.5. The molecule has 0 aromatic carbocycles. The van der Waals surface area contributed by atoms with Crippen molar-refractivity contribution >= 4 is 36.4 Å². The van der Waals surface area contributed by atoms with Crippen LogP contribution >= 0.6 is 12.6 Å². The lowest BCUT2D eigenvalue weighted by Crippen LogP contribution is -2.32. The van der Waals surface area contributed by atoms with E-state index >= 15 is 0 Å². The molecule has 0 spiro atoms. The number of carbonyl (C=O) groups excluding carboxylic acids is 2. The van der Waals surface area contributed by atoms with Crippen LogP contribution in [0.1, 0.15) is 82.8 Å². The third-order valence-electron chi connectivity index (χ3n) is 9.68. The summed E-state index contributed by atoms with van der Waals surface area (Å²) in [5, 5.41) is 28.7. The smallest absolute Gasteiger partial charge is 0.303 e. The van der Waals surface area contributed by atoms with Crippen molar-refractivity contribution in [1.82, 2.24) is 20.9 Å². The summed E-state index contributed by atoms with van der Waals surface area (Å²) < 4.78 is 0. The summed E-state index contributed by atoms with van der Waals surface area (Å²) in [4.78, 5) is 53.1. The molecule has 0 bridgehead atoms. The first-order valence-electron chi connectivity index (χ1n) is 15.5. The number of carboxylic acids is 2. The molecule has 44 heavy (non-hydrogen) atoms. The van der Waals surface area contributed by atoms with Crippen LogP contribution in [0.4, 0.5) is 0 Å². The number of aromatic nitrogens is 1. The van der Waals surface area contributed by atoms with Gasteiger partial charge < -0.3 is 31.1 Å². The van der Waals surface area contributed by atoms with Gasteiger partial charge in [-0.15, -0.1) is 0 Å². The average molecular weight is 626 g/mol. The van der Waals surface area contributed by atoms with E-state index in [0.717, 1.165) is 50.6 Å². The fourth-order valence-corrected chi connectivity index (χ4v) is 7.51. The molecule has 6 atom stereocenters. The van der Waals surface area contributed by atoms with Gasteiger partial charge in [0.25, 0.3) is 0 Å². The molecule has 4 heterocycles. The number of nitrogens with one attached hydrogen (secondary N) is 3. The third-order valence-corrected chi connectivity index (χ3v) is 10.0. The minimum Gasteiger partial charge on any atom is -0.664 e. The summed E-state index contributed by atoms with van der Waals surface area (Å²) in [6.07, 6.45) is 4.20. The molecule has 0 radical (unpaired) electrons. The van der Waals surface area contributed by atoms with E-state index in [1.807, 2.05) is 47.6 Å². The fourth-order valence-electron chi connectivity index (χ4n) is 7.07. The first-order valence-corrected chi connectivity index (χ1v) is 16.0. The largest absolute Gasteiger partial charge is 0.664 e. The summed E-state index contributed by atoms with van der Waals surface area (Å²) in [6.45, 7) is 11.8. The molecule has 11 heteroatoms. The van der Waals surface area contributed by atoms with Crippen LogP contribution < -0.4 is 20.9 Å². The van der Waals surface area contributed by atoms with Crippen LogP contribution in [0, 0.1) is 24.7 Å². The Balaban J connectivity index is 1.68. The summed E-state index contributed by atoms with van der Waals surface area (Å²) in [5.41, 5.74) is 7.91. The zero-order valence-corrected chi connectivity index (χ0v) is 27.3. The van der Waals surface area contributed by atoms with Crippen LogP contribution in [-0.4, -0.2) is 51.3 Å². The summed E-state index contributed by atoms with van der Waals surface area (Å²) in [5.74, 6) is -2.11. The first-order chi connectivity index (χ1) is 20.7. The second-order valence-electron chi connectivity index (χ2n) is 12.4. The van der Waals surface area contributed by atoms with Gasteiger partial charge in [-0.05, 0) is 63.2 Å². The molecule has 0 aliphatic carbocycles. The van der Waals surface area contributed by atoms with Gasteiger partial charge >= 0.3 is 11.9 Å². The minimum atomic E-state index is -0.896. The molecule has 240 valence electrons. The molecule has 5 N–H and O–H groups in total. The Morgan fingerprint density at radius 1 is 1.05 bits per heavy atom. The average Bonchev–Trinajstić information content (AvgIpc) is 3.59. The SMILES string of the molecule is CCC1=C(C)[C@@H](Cc2[n-]c(CC3=C(CCC(=O)O)C(C)/C(=C\[C@@H]4NC(=O)[C@H](C)[C@H]4[C@H](C)S)N3)c(CCC(=O)O)c2C)NC1=O. The van der Waals surface area contributed by atoms with Crippen molar-refractivity contribution in [3.63, 3.8) is 0 Å². The number of aliphatic carboxylic acids is 2. The standard InChI is InChI=1S/C33H45N4O6S/c1-7-20-15(2)25(36-33(20)43)12-23-16(3)21(8-10-29(38)39)26(34-23)14-27-22(9-11-30(40)41)17(4)24(35-27)13-28-31(19(6)44)18(5)32(42)37-28/h13,17-19,25,28,31,35,44H,7-12,14H2,1-6H3,(H,36,43)(H,37,42)(H,38,39)(H,40,41)/q-1/b24-13+/t17?,18-,19+,25-,28+,31+/m1/s1. The number of carbonyl (C=O) groups is 4. The van der Waals surface area contributed by atoms with Crippen LogP contribution in [0.15, 0.2) is 34.2 Å². The Kier molecular flexibility index (Phi) is 10.4. The summed E-state index contributed by atoms with van der Waals surface area (Å²) >= 11 is 4.66. The van der Waals surface area contributed by atoms with Crippen LogP contribution in [0.5, 0.6) is 0 Å². The number of thiol groups is 1. The van der Waals surface area contributed by atoms with Crippen molar-refractivity contribution in [3.05, 3.63) is 56.7 Å². The molecule has 4 rings (SSSR count). The second kappa shape index (κ2) is 13.7. The maximum Gasteiger partial charge on any atom is 0.303 e. The van der Waals surface area contributed by atoms with E-state index in [0.29, 0.717) is 32.1 Å². The Morgan fingerprint density at radius 2 is 1.70 bits per heavy atom. The molecule has 10 nitrogen and oxygen atoms in total. The number of amides is 2. The molecule has 1 aromatic heterocycles. The molecule has 3 aliphatic rings. The lowest BCUT2D eigenvalue weighted by molar-refractivity contribution is -0.138. The van der Waals surface area contributed by atoms with Gasteiger partial charge in [-0.25, -0.2) is 0 Å². The van der Waals surface area contributed by atoms with Crippen molar-refractivity contribution in [2.24, 2.45) is 17.8 Å². The Hall–Kier alpha value is -3.47. The minimum absolute atomic E-state index is 0.00484. The number of hydrogen-bond donors (Lipinski definition) is 6.